The molecule has 0 spiro atoms. The Labute approximate surface area is 313 Å². The Morgan fingerprint density at radius 3 is 1.37 bits per heavy atom. The van der Waals surface area contributed by atoms with Crippen LogP contribution in [-0.4, -0.2) is 97.7 Å². The molecule has 0 bridgehead atoms. The van der Waals surface area contributed by atoms with E-state index in [2.05, 4.69) is 33.4 Å². The lowest BCUT2D eigenvalue weighted by molar-refractivity contribution is -0.134. The molecule has 284 valence electrons. The highest BCUT2D eigenvalue weighted by molar-refractivity contribution is 7.10. The fourth-order valence-electron chi connectivity index (χ4n) is 6.45. The highest BCUT2D eigenvalue weighted by Crippen LogP contribution is 2.45. The molecule has 2 aliphatic heterocycles. The first-order chi connectivity index (χ1) is 25.2. The van der Waals surface area contributed by atoms with E-state index in [0.717, 1.165) is 75.1 Å². The van der Waals surface area contributed by atoms with E-state index < -0.39 is 11.9 Å². The van der Waals surface area contributed by atoms with E-state index in [4.69, 9.17) is 19.7 Å². The molecule has 0 radical (unpaired) electrons. The number of amides is 2. The van der Waals surface area contributed by atoms with Gasteiger partial charge in [0.1, 0.15) is 0 Å². The fourth-order valence-corrected chi connectivity index (χ4v) is 8.58. The summed E-state index contributed by atoms with van der Waals surface area (Å²) in [6.45, 7) is 5.41. The minimum atomic E-state index is -1.26. The van der Waals surface area contributed by atoms with E-state index >= 15 is 0 Å². The van der Waals surface area contributed by atoms with Crippen LogP contribution >= 0.6 is 22.7 Å². The van der Waals surface area contributed by atoms with Crippen LogP contribution in [0, 0.1) is 11.8 Å². The molecule has 8 rings (SSSR count). The Bertz CT molecular complexity index is 1430. The van der Waals surface area contributed by atoms with Gasteiger partial charge >= 0.3 is 11.9 Å². The zero-order valence-corrected chi connectivity index (χ0v) is 31.2. The smallest absolute Gasteiger partial charge is 0.328 e. The van der Waals surface area contributed by atoms with Gasteiger partial charge in [0.2, 0.25) is 0 Å². The zero-order valence-electron chi connectivity index (χ0n) is 29.6. The second kappa shape index (κ2) is 18.8. The van der Waals surface area contributed by atoms with E-state index in [-0.39, 0.29) is 23.9 Å². The second-order valence-electron chi connectivity index (χ2n) is 14.8. The number of carbonyl (C=O) groups is 4. The molecule has 2 amide bonds. The lowest BCUT2D eigenvalue weighted by Crippen LogP contribution is -2.38. The van der Waals surface area contributed by atoms with Gasteiger partial charge in [-0.25, -0.2) is 9.59 Å². The minimum absolute atomic E-state index is 0.0811. The molecule has 12 nitrogen and oxygen atoms in total. The van der Waals surface area contributed by atoms with Gasteiger partial charge in [0.15, 0.2) is 0 Å². The Morgan fingerprint density at radius 1 is 0.635 bits per heavy atom. The number of hydrogen-bond donors (Lipinski definition) is 6. The van der Waals surface area contributed by atoms with Crippen LogP contribution in [0.25, 0.3) is 0 Å². The summed E-state index contributed by atoms with van der Waals surface area (Å²) in [7, 11) is 0. The number of aliphatic carboxylic acids is 2. The number of hydrogen-bond acceptors (Lipinski definition) is 10. The molecule has 2 aromatic rings. The highest BCUT2D eigenvalue weighted by Gasteiger charge is 2.41. The molecule has 6 fully saturated rings. The van der Waals surface area contributed by atoms with Gasteiger partial charge < -0.3 is 41.0 Å². The molecule has 2 aromatic heterocycles. The van der Waals surface area contributed by atoms with Crippen LogP contribution in [0.5, 0.6) is 0 Å². The van der Waals surface area contributed by atoms with Crippen LogP contribution in [-0.2, 0) is 19.1 Å². The van der Waals surface area contributed by atoms with Crippen molar-refractivity contribution < 1.29 is 38.9 Å². The third-order valence-electron chi connectivity index (χ3n) is 10.3. The van der Waals surface area contributed by atoms with Gasteiger partial charge in [-0.05, 0) is 101 Å². The van der Waals surface area contributed by atoms with Gasteiger partial charge in [-0.3, -0.25) is 9.59 Å². The minimum Gasteiger partial charge on any atom is -0.478 e. The number of carboxylic acids is 2. The molecular formula is C38H52N4O8S2. The van der Waals surface area contributed by atoms with Crippen LogP contribution in [0.3, 0.4) is 0 Å². The topological polar surface area (TPSA) is 175 Å². The second-order valence-corrected chi connectivity index (χ2v) is 16.7. The summed E-state index contributed by atoms with van der Waals surface area (Å²) in [4.78, 5) is 46.5. The first-order valence-corrected chi connectivity index (χ1v) is 20.5. The third-order valence-corrected chi connectivity index (χ3v) is 12.4. The average Bonchev–Trinajstić information content (AvgIpc) is 3.98. The summed E-state index contributed by atoms with van der Waals surface area (Å²) in [5.41, 5.74) is 1.67. The van der Waals surface area contributed by atoms with Gasteiger partial charge in [-0.1, -0.05) is 0 Å². The lowest BCUT2D eigenvalue weighted by Gasteiger charge is -2.22. The monoisotopic (exact) mass is 756 g/mol. The van der Waals surface area contributed by atoms with Crippen LogP contribution in [0.2, 0.25) is 0 Å². The maximum absolute atomic E-state index is 12.3. The zero-order chi connectivity index (χ0) is 36.5. The molecule has 6 N–H and O–H groups in total. The predicted octanol–water partition coefficient (Wildman–Crippen LogP) is 4.74. The van der Waals surface area contributed by atoms with Gasteiger partial charge in [0, 0.05) is 95.1 Å². The van der Waals surface area contributed by atoms with Crippen molar-refractivity contribution in [1.82, 2.24) is 21.3 Å². The van der Waals surface area contributed by atoms with Crippen molar-refractivity contribution in [1.29, 1.82) is 0 Å². The highest BCUT2D eigenvalue weighted by atomic mass is 32.1. The number of carbonyl (C=O) groups excluding carboxylic acids is 2. The SMILES string of the molecule is O=C(NC1CCOCC1)c1csc([C@@H]2C[C@H]2NCC2CC2)c1.O=C(NC1CCOCC1)c1csc([C@@H]2C[C@H]2NCC2CC2)c1.O=C(O)/C=C/C(=O)O. The summed E-state index contributed by atoms with van der Waals surface area (Å²) >= 11 is 3.48. The average molecular weight is 757 g/mol. The molecule has 14 heteroatoms. The fraction of sp³-hybridized carbons (Fsp3) is 0.632. The lowest BCUT2D eigenvalue weighted by atomic mass is 10.1. The van der Waals surface area contributed by atoms with E-state index in [0.29, 0.717) is 36.1 Å². The van der Waals surface area contributed by atoms with Crippen LogP contribution in [0.1, 0.15) is 107 Å². The summed E-state index contributed by atoms with van der Waals surface area (Å²) in [6, 6.07) is 6.04. The molecular weight excluding hydrogens is 705 g/mol. The van der Waals surface area contributed by atoms with Crippen molar-refractivity contribution in [2.24, 2.45) is 11.8 Å². The van der Waals surface area contributed by atoms with Gasteiger partial charge in [0.25, 0.3) is 11.8 Å². The van der Waals surface area contributed by atoms with E-state index in [1.54, 1.807) is 22.7 Å². The molecule has 4 heterocycles. The summed E-state index contributed by atoms with van der Waals surface area (Å²) in [5, 5.41) is 33.3. The first kappa shape index (κ1) is 38.6. The maximum Gasteiger partial charge on any atom is 0.328 e. The Kier molecular flexibility index (Phi) is 13.9. The molecule has 0 aromatic carbocycles. The largest absolute Gasteiger partial charge is 0.478 e. The van der Waals surface area contributed by atoms with Crippen molar-refractivity contribution >= 4 is 46.4 Å². The summed E-state index contributed by atoms with van der Waals surface area (Å²) < 4.78 is 10.7. The quantitative estimate of drug-likeness (QED) is 0.148. The Morgan fingerprint density at radius 2 is 1.02 bits per heavy atom. The molecule has 2 saturated heterocycles. The van der Waals surface area contributed by atoms with E-state index in [1.165, 1.54) is 61.4 Å². The van der Waals surface area contributed by atoms with Crippen LogP contribution in [0.15, 0.2) is 35.0 Å². The molecule has 4 saturated carbocycles. The molecule has 4 atom stereocenters. The number of ether oxygens (including phenoxy) is 2. The standard InChI is InChI=1S/2C17H24N2O2S.C4H4O4/c2*20-17(19-13-3-5-21-6-4-13)12-7-16(22-10-12)14-8-15(14)18-9-11-1-2-11;5-3(6)1-2-4(7)8/h2*7,10-11,13-15,18H,1-6,8-9H2,(H,19,20);1-2H,(H,5,6)(H,7,8)/b;;2-1+/t2*14-,15-;/m11./s1. The van der Waals surface area contributed by atoms with Crippen molar-refractivity contribution in [2.75, 3.05) is 39.5 Å². The number of carboxylic acid groups (broad SMARTS) is 2. The Balaban J connectivity index is 0.000000149. The molecule has 52 heavy (non-hydrogen) atoms. The number of nitrogens with one attached hydrogen (secondary N) is 4. The summed E-state index contributed by atoms with van der Waals surface area (Å²) in [5.74, 6) is 0.785. The van der Waals surface area contributed by atoms with Crippen molar-refractivity contribution in [3.05, 3.63) is 55.9 Å². The third kappa shape index (κ3) is 12.8. The van der Waals surface area contributed by atoms with Gasteiger partial charge in [0.05, 0.1) is 11.1 Å². The van der Waals surface area contributed by atoms with Crippen LogP contribution < -0.4 is 21.3 Å². The Hall–Kier alpha value is -3.14. The van der Waals surface area contributed by atoms with Crippen LogP contribution in [0.4, 0.5) is 0 Å². The van der Waals surface area contributed by atoms with Crippen molar-refractivity contribution in [3.8, 4) is 0 Å². The predicted molar refractivity (Wildman–Crippen MR) is 199 cm³/mol. The molecule has 4 aliphatic carbocycles. The van der Waals surface area contributed by atoms with Gasteiger partial charge in [-0.2, -0.15) is 0 Å². The van der Waals surface area contributed by atoms with Gasteiger partial charge in [-0.15, -0.1) is 22.7 Å². The van der Waals surface area contributed by atoms with Crippen molar-refractivity contribution in [3.63, 3.8) is 0 Å². The van der Waals surface area contributed by atoms with E-state index in [9.17, 15) is 19.2 Å². The normalized spacial score (nSPS) is 25.6. The molecule has 6 aliphatic rings. The maximum atomic E-state index is 12.3. The first-order valence-electron chi connectivity index (χ1n) is 18.8. The van der Waals surface area contributed by atoms with E-state index in [1.807, 2.05) is 10.8 Å². The molecule has 0 unspecified atom stereocenters. The van der Waals surface area contributed by atoms with Crippen molar-refractivity contribution in [2.45, 2.75) is 100 Å². The number of thiophene rings is 2. The number of rotatable bonds is 14. The summed E-state index contributed by atoms with van der Waals surface area (Å²) in [6.07, 6.45) is 12.9.